The lowest BCUT2D eigenvalue weighted by Gasteiger charge is -2.27. The van der Waals surface area contributed by atoms with Gasteiger partial charge in [-0.2, -0.15) is 0 Å². The molecule has 0 aliphatic rings. The van der Waals surface area contributed by atoms with E-state index in [-0.39, 0.29) is 0 Å². The second kappa shape index (κ2) is 9.42. The van der Waals surface area contributed by atoms with E-state index in [9.17, 15) is 0 Å². The first-order valence-electron chi connectivity index (χ1n) is 13.0. The Balaban J connectivity index is 1.24. The molecule has 1 heterocycles. The number of hydrogen-bond acceptors (Lipinski definition) is 1. The van der Waals surface area contributed by atoms with Crippen molar-refractivity contribution in [3.8, 4) is 22.4 Å². The molecule has 1 aromatic heterocycles. The minimum absolute atomic E-state index is 1.13. The zero-order valence-corrected chi connectivity index (χ0v) is 20.9. The van der Waals surface area contributed by atoms with E-state index >= 15 is 0 Å². The molecule has 0 bridgehead atoms. The number of aromatic amines is 1. The smallest absolute Gasteiger partial charge is 0.0540 e. The zero-order chi connectivity index (χ0) is 25.3. The minimum atomic E-state index is 1.13. The number of benzene rings is 6. The van der Waals surface area contributed by atoms with Crippen molar-refractivity contribution in [2.75, 3.05) is 4.90 Å². The van der Waals surface area contributed by atoms with E-state index in [1.165, 1.54) is 38.5 Å². The van der Waals surface area contributed by atoms with Crippen molar-refractivity contribution in [2.45, 2.75) is 0 Å². The summed E-state index contributed by atoms with van der Waals surface area (Å²) in [5, 5.41) is 3.70. The maximum absolute atomic E-state index is 3.53. The molecule has 0 radical (unpaired) electrons. The molecule has 2 nitrogen and oxygen atoms in total. The Bertz CT molecular complexity index is 1810. The lowest BCUT2D eigenvalue weighted by atomic mass is 10.0. The number of hydrogen-bond donors (Lipinski definition) is 1. The van der Waals surface area contributed by atoms with E-state index in [0.717, 1.165) is 22.6 Å². The first kappa shape index (κ1) is 22.1. The van der Waals surface area contributed by atoms with Crippen molar-refractivity contribution in [1.82, 2.24) is 4.98 Å². The van der Waals surface area contributed by atoms with Crippen LogP contribution in [0, 0.1) is 0 Å². The van der Waals surface area contributed by atoms with E-state index in [0.29, 0.717) is 0 Å². The fourth-order valence-electron chi connectivity index (χ4n) is 5.28. The number of para-hydroxylation sites is 2. The Hall–Kier alpha value is -5.08. The summed E-state index contributed by atoms with van der Waals surface area (Å²) in [6, 6.07) is 53.9. The van der Waals surface area contributed by atoms with Crippen LogP contribution in [0.15, 0.2) is 152 Å². The van der Waals surface area contributed by atoms with Gasteiger partial charge in [0.25, 0.3) is 0 Å². The van der Waals surface area contributed by atoms with Gasteiger partial charge in [-0.25, -0.2) is 0 Å². The van der Waals surface area contributed by atoms with Gasteiger partial charge in [0.1, 0.15) is 0 Å². The largest absolute Gasteiger partial charge is 0.355 e. The Morgan fingerprint density at radius 1 is 0.421 bits per heavy atom. The molecule has 0 amide bonds. The molecule has 0 fully saturated rings. The molecule has 2 heteroatoms. The molecule has 0 aliphatic carbocycles. The number of rotatable bonds is 5. The van der Waals surface area contributed by atoms with Gasteiger partial charge in [-0.1, -0.05) is 109 Å². The molecule has 38 heavy (non-hydrogen) atoms. The molecule has 0 saturated heterocycles. The van der Waals surface area contributed by atoms with Crippen molar-refractivity contribution in [3.63, 3.8) is 0 Å². The van der Waals surface area contributed by atoms with Gasteiger partial charge >= 0.3 is 0 Å². The van der Waals surface area contributed by atoms with Crippen LogP contribution in [-0.2, 0) is 0 Å². The molecule has 180 valence electrons. The molecule has 6 aromatic carbocycles. The normalized spacial score (nSPS) is 11.2. The number of aromatic nitrogens is 1. The Morgan fingerprint density at radius 2 is 1.00 bits per heavy atom. The molecular weight excluding hydrogens is 460 g/mol. The quantitative estimate of drug-likeness (QED) is 0.256. The highest BCUT2D eigenvalue weighted by atomic mass is 15.1. The van der Waals surface area contributed by atoms with Crippen LogP contribution in [0.1, 0.15) is 0 Å². The van der Waals surface area contributed by atoms with Crippen LogP contribution in [0.4, 0.5) is 17.1 Å². The fourth-order valence-corrected chi connectivity index (χ4v) is 5.28. The second-order valence-electron chi connectivity index (χ2n) is 9.56. The third-order valence-electron chi connectivity index (χ3n) is 7.21. The first-order valence-corrected chi connectivity index (χ1v) is 13.0. The molecule has 0 saturated carbocycles. The third kappa shape index (κ3) is 4.03. The summed E-state index contributed by atoms with van der Waals surface area (Å²) >= 11 is 0. The summed E-state index contributed by atoms with van der Waals surface area (Å²) in [4.78, 5) is 5.87. The van der Waals surface area contributed by atoms with Gasteiger partial charge in [0, 0.05) is 33.4 Å². The monoisotopic (exact) mass is 486 g/mol. The fraction of sp³-hybridized carbons (Fsp3) is 0. The Labute approximate surface area is 222 Å². The van der Waals surface area contributed by atoms with Gasteiger partial charge in [0.05, 0.1) is 5.69 Å². The van der Waals surface area contributed by atoms with Crippen LogP contribution in [0.2, 0.25) is 0 Å². The highest BCUT2D eigenvalue weighted by Gasteiger charge is 2.15. The number of nitrogens with one attached hydrogen (secondary N) is 1. The number of H-pyrrole nitrogens is 1. The van der Waals surface area contributed by atoms with Crippen LogP contribution in [0.3, 0.4) is 0 Å². The highest BCUT2D eigenvalue weighted by molar-refractivity contribution is 5.99. The molecule has 7 aromatic rings. The van der Waals surface area contributed by atoms with E-state index in [2.05, 4.69) is 162 Å². The standard InChI is InChI=1S/C36H26N2/c1-2-12-31(13-3-1)38(36-16-8-11-28-9-4-6-14-33(28)36)32-23-21-27(22-24-32)26-17-19-29(20-18-26)35-25-30-10-5-7-15-34(30)37-35/h1-25,37H. The van der Waals surface area contributed by atoms with Gasteiger partial charge in [0.2, 0.25) is 0 Å². The molecule has 1 N–H and O–H groups in total. The minimum Gasteiger partial charge on any atom is -0.355 e. The molecule has 7 rings (SSSR count). The third-order valence-corrected chi connectivity index (χ3v) is 7.21. The Kier molecular flexibility index (Phi) is 5.49. The van der Waals surface area contributed by atoms with Crippen LogP contribution in [0.5, 0.6) is 0 Å². The lowest BCUT2D eigenvalue weighted by molar-refractivity contribution is 1.30. The van der Waals surface area contributed by atoms with Gasteiger partial charge in [-0.05, 0) is 64.5 Å². The van der Waals surface area contributed by atoms with E-state index in [1.807, 2.05) is 0 Å². The average molecular weight is 487 g/mol. The molecule has 0 aliphatic heterocycles. The molecule has 0 unspecified atom stereocenters. The SMILES string of the molecule is c1ccc(N(c2ccc(-c3ccc(-c4cc5ccccc5[nH]4)cc3)cc2)c2cccc3ccccc23)cc1. The van der Waals surface area contributed by atoms with Crippen LogP contribution in [0.25, 0.3) is 44.1 Å². The summed E-state index contributed by atoms with van der Waals surface area (Å²) in [5.41, 5.74) is 9.33. The summed E-state index contributed by atoms with van der Waals surface area (Å²) in [7, 11) is 0. The Morgan fingerprint density at radius 3 is 1.76 bits per heavy atom. The summed E-state index contributed by atoms with van der Waals surface area (Å²) in [6.07, 6.45) is 0. The molecular formula is C36H26N2. The zero-order valence-electron chi connectivity index (χ0n) is 20.9. The highest BCUT2D eigenvalue weighted by Crippen LogP contribution is 2.39. The topological polar surface area (TPSA) is 19.0 Å². The van der Waals surface area contributed by atoms with Gasteiger partial charge in [0.15, 0.2) is 0 Å². The van der Waals surface area contributed by atoms with Crippen molar-refractivity contribution < 1.29 is 0 Å². The summed E-state index contributed by atoms with van der Waals surface area (Å²) in [5.74, 6) is 0. The second-order valence-corrected chi connectivity index (χ2v) is 9.56. The van der Waals surface area contributed by atoms with Crippen LogP contribution >= 0.6 is 0 Å². The van der Waals surface area contributed by atoms with E-state index in [1.54, 1.807) is 0 Å². The number of fused-ring (bicyclic) bond motifs is 2. The summed E-state index contributed by atoms with van der Waals surface area (Å²) in [6.45, 7) is 0. The maximum Gasteiger partial charge on any atom is 0.0540 e. The number of anilines is 3. The summed E-state index contributed by atoms with van der Waals surface area (Å²) < 4.78 is 0. The first-order chi connectivity index (χ1) is 18.8. The van der Waals surface area contributed by atoms with Crippen LogP contribution < -0.4 is 4.90 Å². The maximum atomic E-state index is 3.53. The van der Waals surface area contributed by atoms with Gasteiger partial charge in [-0.3, -0.25) is 0 Å². The predicted octanol–water partition coefficient (Wildman–Crippen LogP) is 10.1. The van der Waals surface area contributed by atoms with Crippen molar-refractivity contribution in [2.24, 2.45) is 0 Å². The van der Waals surface area contributed by atoms with E-state index < -0.39 is 0 Å². The number of nitrogens with zero attached hydrogens (tertiary/aromatic N) is 1. The van der Waals surface area contributed by atoms with Crippen molar-refractivity contribution in [1.29, 1.82) is 0 Å². The van der Waals surface area contributed by atoms with Crippen molar-refractivity contribution in [3.05, 3.63) is 152 Å². The van der Waals surface area contributed by atoms with Gasteiger partial charge < -0.3 is 9.88 Å². The van der Waals surface area contributed by atoms with E-state index in [4.69, 9.17) is 0 Å². The van der Waals surface area contributed by atoms with Crippen LogP contribution in [-0.4, -0.2) is 4.98 Å². The average Bonchev–Trinajstić information content (AvgIpc) is 3.43. The van der Waals surface area contributed by atoms with Gasteiger partial charge in [-0.15, -0.1) is 0 Å². The lowest BCUT2D eigenvalue weighted by Crippen LogP contribution is -2.10. The predicted molar refractivity (Wildman–Crippen MR) is 161 cm³/mol. The molecule has 0 atom stereocenters. The molecule has 0 spiro atoms. The van der Waals surface area contributed by atoms with Crippen molar-refractivity contribution >= 4 is 38.7 Å².